The molecule has 0 amide bonds. The topological polar surface area (TPSA) is 9.72 Å². The zero-order valence-electron chi connectivity index (χ0n) is 34.1. The van der Waals surface area contributed by atoms with Gasteiger partial charge in [0, 0.05) is 76.8 Å². The number of para-hydroxylation sites is 3. The molecular weight excluding hydrogens is 759 g/mol. The zero-order valence-corrected chi connectivity index (χ0v) is 34.9. The number of fused-ring (bicyclic) bond motifs is 6. The van der Waals surface area contributed by atoms with Gasteiger partial charge in [0.2, 0.25) is 0 Å². The highest BCUT2D eigenvalue weighted by molar-refractivity contribution is 7.25. The Balaban J connectivity index is 1.05. The van der Waals surface area contributed by atoms with Gasteiger partial charge in [-0.2, -0.15) is 0 Å². The van der Waals surface area contributed by atoms with Crippen LogP contribution < -0.4 is 14.7 Å². The summed E-state index contributed by atoms with van der Waals surface area (Å²) in [5.41, 5.74) is 15.1. The van der Waals surface area contributed by atoms with Crippen molar-refractivity contribution in [2.24, 2.45) is 0 Å². The van der Waals surface area contributed by atoms with Crippen LogP contribution in [0.4, 0.5) is 51.2 Å². The van der Waals surface area contributed by atoms with Crippen molar-refractivity contribution < 1.29 is 0 Å². The predicted octanol–water partition coefficient (Wildman–Crippen LogP) is 16.8. The molecule has 1 heterocycles. The highest BCUT2D eigenvalue weighted by Gasteiger charge is 2.35. The Hall–Kier alpha value is -7.40. The van der Waals surface area contributed by atoms with Crippen LogP contribution in [0, 0.1) is 0 Å². The molecule has 1 aromatic heterocycles. The Morgan fingerprint density at radius 3 is 1.28 bits per heavy atom. The molecular formula is C57H43N3S. The third kappa shape index (κ3) is 6.44. The van der Waals surface area contributed by atoms with Gasteiger partial charge in [-0.1, -0.05) is 129 Å². The van der Waals surface area contributed by atoms with E-state index in [9.17, 15) is 0 Å². The van der Waals surface area contributed by atoms with Crippen molar-refractivity contribution in [2.75, 3.05) is 14.7 Å². The van der Waals surface area contributed by atoms with Gasteiger partial charge in [0.05, 0.1) is 0 Å². The summed E-state index contributed by atoms with van der Waals surface area (Å²) in [5.74, 6) is 0. The lowest BCUT2D eigenvalue weighted by Gasteiger charge is -2.31. The Morgan fingerprint density at radius 1 is 0.295 bits per heavy atom. The average Bonchev–Trinajstić information content (AvgIpc) is 3.79. The van der Waals surface area contributed by atoms with Gasteiger partial charge in [-0.15, -0.1) is 11.3 Å². The zero-order chi connectivity index (χ0) is 40.9. The third-order valence-corrected chi connectivity index (χ3v) is 13.3. The summed E-state index contributed by atoms with van der Waals surface area (Å²) in [5, 5.41) is 2.57. The van der Waals surface area contributed by atoms with E-state index in [2.05, 4.69) is 253 Å². The van der Waals surface area contributed by atoms with Gasteiger partial charge >= 0.3 is 0 Å². The first-order chi connectivity index (χ1) is 30.0. The lowest BCUT2D eigenvalue weighted by Crippen LogP contribution is -2.16. The van der Waals surface area contributed by atoms with E-state index in [1.165, 1.54) is 42.4 Å². The van der Waals surface area contributed by atoms with E-state index < -0.39 is 0 Å². The van der Waals surface area contributed by atoms with Crippen LogP contribution in [0.15, 0.2) is 224 Å². The summed E-state index contributed by atoms with van der Waals surface area (Å²) >= 11 is 1.85. The van der Waals surface area contributed by atoms with Crippen LogP contribution in [-0.2, 0) is 5.41 Å². The van der Waals surface area contributed by atoms with Gasteiger partial charge in [0.15, 0.2) is 0 Å². The van der Waals surface area contributed by atoms with Gasteiger partial charge in [0.1, 0.15) is 0 Å². The first-order valence-electron chi connectivity index (χ1n) is 20.9. The number of thiophene rings is 1. The molecule has 0 spiro atoms. The van der Waals surface area contributed by atoms with Crippen molar-refractivity contribution in [2.45, 2.75) is 19.3 Å². The van der Waals surface area contributed by atoms with E-state index in [4.69, 9.17) is 0 Å². The molecule has 0 aliphatic heterocycles. The van der Waals surface area contributed by atoms with Gasteiger partial charge in [-0.3, -0.25) is 0 Å². The fraction of sp³-hybridized carbons (Fsp3) is 0.0526. The second-order valence-electron chi connectivity index (χ2n) is 16.2. The van der Waals surface area contributed by atoms with E-state index in [0.717, 1.165) is 51.2 Å². The molecule has 0 bridgehead atoms. The molecule has 9 aromatic carbocycles. The summed E-state index contributed by atoms with van der Waals surface area (Å²) in [6, 6.07) is 81.5. The molecule has 1 aliphatic rings. The van der Waals surface area contributed by atoms with E-state index in [1.807, 2.05) is 11.3 Å². The monoisotopic (exact) mass is 801 g/mol. The van der Waals surface area contributed by atoms with Gasteiger partial charge in [0.25, 0.3) is 0 Å². The van der Waals surface area contributed by atoms with Crippen LogP contribution in [0.2, 0.25) is 0 Å². The van der Waals surface area contributed by atoms with Crippen molar-refractivity contribution in [3.8, 4) is 11.1 Å². The van der Waals surface area contributed by atoms with Gasteiger partial charge in [-0.25, -0.2) is 0 Å². The van der Waals surface area contributed by atoms with Crippen LogP contribution >= 0.6 is 11.3 Å². The minimum atomic E-state index is -0.0617. The summed E-state index contributed by atoms with van der Waals surface area (Å²) in [6.45, 7) is 4.68. The lowest BCUT2D eigenvalue weighted by molar-refractivity contribution is 0.660. The van der Waals surface area contributed by atoms with E-state index in [-0.39, 0.29) is 5.41 Å². The smallest absolute Gasteiger partial charge is 0.0482 e. The third-order valence-electron chi connectivity index (χ3n) is 12.2. The summed E-state index contributed by atoms with van der Waals surface area (Å²) in [4.78, 5) is 7.13. The van der Waals surface area contributed by atoms with Gasteiger partial charge in [-0.05, 0) is 131 Å². The number of rotatable bonds is 9. The molecule has 1 aliphatic carbocycles. The second kappa shape index (κ2) is 15.0. The minimum absolute atomic E-state index is 0.0617. The largest absolute Gasteiger partial charge is 0.310 e. The highest BCUT2D eigenvalue weighted by Crippen LogP contribution is 2.51. The number of anilines is 9. The summed E-state index contributed by atoms with van der Waals surface area (Å²) in [6.07, 6.45) is 0. The molecule has 0 saturated carbocycles. The van der Waals surface area contributed by atoms with Crippen LogP contribution in [0.3, 0.4) is 0 Å². The normalized spacial score (nSPS) is 12.6. The van der Waals surface area contributed by atoms with E-state index in [0.29, 0.717) is 0 Å². The van der Waals surface area contributed by atoms with Crippen molar-refractivity contribution in [3.05, 3.63) is 236 Å². The standard InChI is InChI=1S/C57H43N3S/c1-57(2)53-30-14-12-28-49(53)51-38-47(32-34-54(51)57)59(41-20-8-4-9-21-41)45-26-16-24-43(36-45)58(40-18-6-3-7-19-40)44-25-17-27-46(37-44)60(42-22-10-5-11-23-42)48-33-35-56-52(39-48)50-29-13-15-31-55(50)61-56/h3-39H,1-2H3. The number of benzene rings is 9. The molecule has 4 heteroatoms. The van der Waals surface area contributed by atoms with Crippen molar-refractivity contribution in [3.63, 3.8) is 0 Å². The molecule has 3 nitrogen and oxygen atoms in total. The van der Waals surface area contributed by atoms with Crippen LogP contribution in [0.25, 0.3) is 31.3 Å². The first kappa shape index (κ1) is 36.7. The Bertz CT molecular complexity index is 3190. The maximum atomic E-state index is 2.39. The molecule has 0 unspecified atom stereocenters. The molecule has 292 valence electrons. The van der Waals surface area contributed by atoms with E-state index >= 15 is 0 Å². The van der Waals surface area contributed by atoms with Crippen molar-refractivity contribution >= 4 is 82.7 Å². The Kier molecular flexibility index (Phi) is 9.02. The SMILES string of the molecule is CC1(C)c2ccccc2-c2cc(N(c3ccccc3)c3cccc(N(c4ccccc4)c4cccc(N(c5ccccc5)c5ccc6sc7ccccc7c6c5)c4)c3)ccc21. The van der Waals surface area contributed by atoms with Crippen LogP contribution in [-0.4, -0.2) is 0 Å². The molecule has 0 N–H and O–H groups in total. The molecule has 11 rings (SSSR count). The Labute approximate surface area is 361 Å². The van der Waals surface area contributed by atoms with Crippen LogP contribution in [0.1, 0.15) is 25.0 Å². The molecule has 61 heavy (non-hydrogen) atoms. The van der Waals surface area contributed by atoms with Gasteiger partial charge < -0.3 is 14.7 Å². The average molecular weight is 802 g/mol. The molecule has 0 fully saturated rings. The number of hydrogen-bond donors (Lipinski definition) is 0. The van der Waals surface area contributed by atoms with Crippen molar-refractivity contribution in [1.82, 2.24) is 0 Å². The number of nitrogens with zero attached hydrogens (tertiary/aromatic N) is 3. The molecule has 0 atom stereocenters. The first-order valence-corrected chi connectivity index (χ1v) is 21.7. The predicted molar refractivity (Wildman–Crippen MR) is 261 cm³/mol. The molecule has 10 aromatic rings. The molecule has 0 radical (unpaired) electrons. The van der Waals surface area contributed by atoms with Crippen LogP contribution in [0.5, 0.6) is 0 Å². The maximum Gasteiger partial charge on any atom is 0.0482 e. The minimum Gasteiger partial charge on any atom is -0.310 e. The Morgan fingerprint density at radius 2 is 0.705 bits per heavy atom. The molecule has 0 saturated heterocycles. The fourth-order valence-electron chi connectivity index (χ4n) is 9.32. The number of hydrogen-bond acceptors (Lipinski definition) is 4. The lowest BCUT2D eigenvalue weighted by atomic mass is 9.82. The summed E-state index contributed by atoms with van der Waals surface area (Å²) in [7, 11) is 0. The van der Waals surface area contributed by atoms with Crippen molar-refractivity contribution in [1.29, 1.82) is 0 Å². The quantitative estimate of drug-likeness (QED) is 0.144. The van der Waals surface area contributed by atoms with E-state index in [1.54, 1.807) is 0 Å². The fourth-order valence-corrected chi connectivity index (χ4v) is 10.4. The summed E-state index contributed by atoms with van der Waals surface area (Å²) < 4.78 is 2.60. The maximum absolute atomic E-state index is 2.39. The highest BCUT2D eigenvalue weighted by atomic mass is 32.1. The second-order valence-corrected chi connectivity index (χ2v) is 17.3.